The molecule has 0 bridgehead atoms. The van der Waals surface area contributed by atoms with Gasteiger partial charge in [0.2, 0.25) is 5.88 Å². The highest BCUT2D eigenvalue weighted by Crippen LogP contribution is 2.28. The summed E-state index contributed by atoms with van der Waals surface area (Å²) in [6.45, 7) is 5.41. The second kappa shape index (κ2) is 7.04. The molecule has 5 nitrogen and oxygen atoms in total. The summed E-state index contributed by atoms with van der Waals surface area (Å²) in [5, 5.41) is 0. The maximum absolute atomic E-state index is 5.67. The van der Waals surface area contributed by atoms with Crippen molar-refractivity contribution in [2.75, 3.05) is 25.1 Å². The Kier molecular flexibility index (Phi) is 5.11. The number of hydrogen-bond donors (Lipinski definition) is 1. The maximum atomic E-state index is 5.67. The summed E-state index contributed by atoms with van der Waals surface area (Å²) >= 11 is 0. The molecule has 0 spiro atoms. The third-order valence-corrected chi connectivity index (χ3v) is 3.28. The lowest BCUT2D eigenvalue weighted by atomic mass is 10.1. The number of hydrogen-bond acceptors (Lipinski definition) is 5. The van der Waals surface area contributed by atoms with Crippen LogP contribution in [0.25, 0.3) is 0 Å². The van der Waals surface area contributed by atoms with E-state index in [-0.39, 0.29) is 0 Å². The van der Waals surface area contributed by atoms with Crippen LogP contribution in [-0.4, -0.2) is 30.2 Å². The van der Waals surface area contributed by atoms with E-state index < -0.39 is 0 Å². The predicted octanol–water partition coefficient (Wildman–Crippen LogP) is 2.59. The van der Waals surface area contributed by atoms with E-state index in [0.29, 0.717) is 18.2 Å². The van der Waals surface area contributed by atoms with Gasteiger partial charge in [-0.1, -0.05) is 18.2 Å². The summed E-state index contributed by atoms with van der Waals surface area (Å²) in [6.07, 6.45) is 0.889. The molecule has 0 unspecified atom stereocenters. The second-order valence-corrected chi connectivity index (χ2v) is 4.90. The molecule has 2 rings (SSSR count). The van der Waals surface area contributed by atoms with Gasteiger partial charge in [-0.05, 0) is 38.4 Å². The van der Waals surface area contributed by atoms with Gasteiger partial charge < -0.3 is 15.4 Å². The zero-order chi connectivity index (χ0) is 15.2. The smallest absolute Gasteiger partial charge is 0.218 e. The van der Waals surface area contributed by atoms with E-state index in [2.05, 4.69) is 33.9 Å². The Labute approximate surface area is 125 Å². The Morgan fingerprint density at radius 1 is 1.19 bits per heavy atom. The van der Waals surface area contributed by atoms with E-state index in [4.69, 9.17) is 10.5 Å². The van der Waals surface area contributed by atoms with Crippen molar-refractivity contribution in [1.82, 2.24) is 9.97 Å². The van der Waals surface area contributed by atoms with Gasteiger partial charge >= 0.3 is 0 Å². The Hall–Kier alpha value is -2.14. The molecule has 112 valence electrons. The van der Waals surface area contributed by atoms with Gasteiger partial charge in [0, 0.05) is 18.3 Å². The standard InChI is InChI=1S/C16H22N4O/c1-12-7-4-5-8-14(12)20(10-6-9-17)15-11-16(21-3)19-13(2)18-15/h4-5,7-8,11H,6,9-10,17H2,1-3H3. The third kappa shape index (κ3) is 3.70. The number of benzene rings is 1. The number of methoxy groups -OCH3 is 1. The molecule has 1 aromatic heterocycles. The van der Waals surface area contributed by atoms with Crippen LogP contribution in [0, 0.1) is 13.8 Å². The molecule has 21 heavy (non-hydrogen) atoms. The minimum absolute atomic E-state index is 0.573. The fraction of sp³-hybridized carbons (Fsp3) is 0.375. The van der Waals surface area contributed by atoms with Gasteiger partial charge in [0.15, 0.2) is 0 Å². The van der Waals surface area contributed by atoms with Crippen molar-refractivity contribution in [2.45, 2.75) is 20.3 Å². The van der Waals surface area contributed by atoms with Crippen molar-refractivity contribution in [1.29, 1.82) is 0 Å². The molecule has 0 atom stereocenters. The van der Waals surface area contributed by atoms with Crippen molar-refractivity contribution in [3.8, 4) is 5.88 Å². The van der Waals surface area contributed by atoms with Crippen molar-refractivity contribution >= 4 is 11.5 Å². The van der Waals surface area contributed by atoms with Crippen LogP contribution in [0.1, 0.15) is 17.8 Å². The van der Waals surface area contributed by atoms with E-state index in [1.54, 1.807) is 7.11 Å². The summed E-state index contributed by atoms with van der Waals surface area (Å²) in [7, 11) is 1.61. The molecule has 1 heterocycles. The van der Waals surface area contributed by atoms with Crippen molar-refractivity contribution in [3.05, 3.63) is 41.7 Å². The highest BCUT2D eigenvalue weighted by Gasteiger charge is 2.14. The van der Waals surface area contributed by atoms with Crippen molar-refractivity contribution in [3.63, 3.8) is 0 Å². The lowest BCUT2D eigenvalue weighted by Crippen LogP contribution is -2.23. The Bertz CT molecular complexity index is 601. The number of aromatic nitrogens is 2. The van der Waals surface area contributed by atoms with Crippen LogP contribution in [-0.2, 0) is 0 Å². The number of para-hydroxylation sites is 1. The average Bonchev–Trinajstić information content (AvgIpc) is 2.48. The summed E-state index contributed by atoms with van der Waals surface area (Å²) in [5.41, 5.74) is 8.00. The highest BCUT2D eigenvalue weighted by atomic mass is 16.5. The van der Waals surface area contributed by atoms with Crippen LogP contribution in [0.4, 0.5) is 11.5 Å². The Morgan fingerprint density at radius 3 is 2.62 bits per heavy atom. The molecule has 0 aliphatic heterocycles. The summed E-state index contributed by atoms with van der Waals surface area (Å²) in [5.74, 6) is 2.10. The maximum Gasteiger partial charge on any atom is 0.218 e. The van der Waals surface area contributed by atoms with Crippen LogP contribution >= 0.6 is 0 Å². The number of anilines is 2. The topological polar surface area (TPSA) is 64.3 Å². The van der Waals surface area contributed by atoms with Gasteiger partial charge in [-0.2, -0.15) is 4.98 Å². The first-order valence-corrected chi connectivity index (χ1v) is 7.08. The van der Waals surface area contributed by atoms with E-state index in [9.17, 15) is 0 Å². The molecule has 0 aliphatic carbocycles. The minimum atomic E-state index is 0.573. The minimum Gasteiger partial charge on any atom is -0.481 e. The highest BCUT2D eigenvalue weighted by molar-refractivity contribution is 5.64. The monoisotopic (exact) mass is 286 g/mol. The molecular formula is C16H22N4O. The van der Waals surface area contributed by atoms with E-state index in [1.807, 2.05) is 25.1 Å². The molecule has 0 amide bonds. The fourth-order valence-corrected chi connectivity index (χ4v) is 2.24. The number of rotatable bonds is 6. The van der Waals surface area contributed by atoms with Crippen LogP contribution in [0.5, 0.6) is 5.88 Å². The second-order valence-electron chi connectivity index (χ2n) is 4.90. The van der Waals surface area contributed by atoms with Crippen LogP contribution < -0.4 is 15.4 Å². The summed E-state index contributed by atoms with van der Waals surface area (Å²) < 4.78 is 5.25. The van der Waals surface area contributed by atoms with E-state index >= 15 is 0 Å². The first-order valence-electron chi connectivity index (χ1n) is 7.08. The number of nitrogens with two attached hydrogens (primary N) is 1. The lowest BCUT2D eigenvalue weighted by Gasteiger charge is -2.25. The van der Waals surface area contributed by atoms with Gasteiger partial charge in [-0.3, -0.25) is 0 Å². The Balaban J connectivity index is 2.45. The zero-order valence-electron chi connectivity index (χ0n) is 12.8. The molecule has 0 radical (unpaired) electrons. The number of aryl methyl sites for hydroxylation is 2. The lowest BCUT2D eigenvalue weighted by molar-refractivity contribution is 0.395. The SMILES string of the molecule is COc1cc(N(CCCN)c2ccccc2C)nc(C)n1. The zero-order valence-corrected chi connectivity index (χ0v) is 12.8. The molecule has 1 aromatic carbocycles. The van der Waals surface area contributed by atoms with Gasteiger partial charge in [0.25, 0.3) is 0 Å². The van der Waals surface area contributed by atoms with Crippen molar-refractivity contribution in [2.24, 2.45) is 5.73 Å². The first-order chi connectivity index (χ1) is 10.2. The van der Waals surface area contributed by atoms with E-state index in [0.717, 1.165) is 24.5 Å². The molecule has 0 aliphatic rings. The molecule has 0 fully saturated rings. The molecule has 0 saturated carbocycles. The molecule has 5 heteroatoms. The van der Waals surface area contributed by atoms with Crippen LogP contribution in [0.15, 0.2) is 30.3 Å². The quantitative estimate of drug-likeness (QED) is 0.884. The predicted molar refractivity (Wildman–Crippen MR) is 85.2 cm³/mol. The molecule has 0 saturated heterocycles. The van der Waals surface area contributed by atoms with Gasteiger partial charge in [0.05, 0.1) is 7.11 Å². The molecular weight excluding hydrogens is 264 g/mol. The van der Waals surface area contributed by atoms with Crippen molar-refractivity contribution < 1.29 is 4.74 Å². The third-order valence-electron chi connectivity index (χ3n) is 3.28. The molecule has 2 aromatic rings. The Morgan fingerprint density at radius 2 is 1.95 bits per heavy atom. The average molecular weight is 286 g/mol. The van der Waals surface area contributed by atoms with Crippen LogP contribution in [0.3, 0.4) is 0 Å². The van der Waals surface area contributed by atoms with Gasteiger partial charge in [-0.15, -0.1) is 0 Å². The number of nitrogens with zero attached hydrogens (tertiary/aromatic N) is 3. The molecule has 2 N–H and O–H groups in total. The normalized spacial score (nSPS) is 10.5. The first kappa shape index (κ1) is 15.3. The summed E-state index contributed by atoms with van der Waals surface area (Å²) in [6, 6.07) is 10.1. The largest absolute Gasteiger partial charge is 0.481 e. The van der Waals surface area contributed by atoms with Gasteiger partial charge in [-0.25, -0.2) is 4.98 Å². The number of ether oxygens (including phenoxy) is 1. The van der Waals surface area contributed by atoms with E-state index in [1.165, 1.54) is 5.56 Å². The summed E-state index contributed by atoms with van der Waals surface area (Å²) in [4.78, 5) is 11.0. The van der Waals surface area contributed by atoms with Crippen LogP contribution in [0.2, 0.25) is 0 Å². The van der Waals surface area contributed by atoms with Gasteiger partial charge in [0.1, 0.15) is 11.6 Å². The fourth-order valence-electron chi connectivity index (χ4n) is 2.24.